The van der Waals surface area contributed by atoms with Crippen LogP contribution in [0.5, 0.6) is 0 Å². The maximum Gasteiger partial charge on any atom is 0.305 e. The standard InChI is InChI=1S/C17H20N2O5/c1-11-12(18-16(24-11)13-5-4-8-23-13)9-14(20)19-17(10-15(21)22)6-2-3-7-17/h4-5,8H,2-3,6-7,9-10H2,1H3,(H,19,20)(H,21,22). The summed E-state index contributed by atoms with van der Waals surface area (Å²) in [6.07, 6.45) is 4.78. The van der Waals surface area contributed by atoms with E-state index in [1.165, 1.54) is 6.26 Å². The first-order valence-electron chi connectivity index (χ1n) is 8.00. The average molecular weight is 332 g/mol. The number of carbonyl (C=O) groups is 2. The Morgan fingerprint density at radius 1 is 1.38 bits per heavy atom. The molecule has 0 aromatic carbocycles. The molecule has 1 amide bonds. The number of hydrogen-bond donors (Lipinski definition) is 2. The van der Waals surface area contributed by atoms with Crippen LogP contribution in [0.25, 0.3) is 11.7 Å². The van der Waals surface area contributed by atoms with Crippen LogP contribution in [-0.2, 0) is 16.0 Å². The van der Waals surface area contributed by atoms with Crippen molar-refractivity contribution in [3.05, 3.63) is 29.9 Å². The third-order valence-corrected chi connectivity index (χ3v) is 4.41. The molecular formula is C17H20N2O5. The second-order valence-electron chi connectivity index (χ2n) is 6.28. The molecule has 0 saturated heterocycles. The summed E-state index contributed by atoms with van der Waals surface area (Å²) in [6, 6.07) is 3.46. The Bertz CT molecular complexity index is 726. The van der Waals surface area contributed by atoms with E-state index in [1.807, 2.05) is 0 Å². The van der Waals surface area contributed by atoms with Crippen molar-refractivity contribution in [3.8, 4) is 11.7 Å². The monoisotopic (exact) mass is 332 g/mol. The average Bonchev–Trinajstić information content (AvgIpc) is 3.21. The normalized spacial score (nSPS) is 16.2. The first kappa shape index (κ1) is 16.3. The number of rotatable bonds is 6. The molecule has 0 unspecified atom stereocenters. The highest BCUT2D eigenvalue weighted by Crippen LogP contribution is 2.33. The fraction of sp³-hybridized carbons (Fsp3) is 0.471. The van der Waals surface area contributed by atoms with Crippen molar-refractivity contribution in [2.75, 3.05) is 0 Å². The highest BCUT2D eigenvalue weighted by atomic mass is 16.4. The number of carboxylic acids is 1. The molecule has 2 N–H and O–H groups in total. The van der Waals surface area contributed by atoms with E-state index < -0.39 is 11.5 Å². The van der Waals surface area contributed by atoms with Crippen LogP contribution in [0, 0.1) is 6.92 Å². The van der Waals surface area contributed by atoms with Crippen molar-refractivity contribution in [1.82, 2.24) is 10.3 Å². The molecule has 0 bridgehead atoms. The summed E-state index contributed by atoms with van der Waals surface area (Å²) in [6.45, 7) is 1.74. The zero-order chi connectivity index (χ0) is 17.2. The van der Waals surface area contributed by atoms with Gasteiger partial charge in [0.25, 0.3) is 5.89 Å². The van der Waals surface area contributed by atoms with E-state index in [9.17, 15) is 9.59 Å². The Labute approximate surface area is 139 Å². The molecule has 2 aromatic heterocycles. The van der Waals surface area contributed by atoms with Crippen LogP contribution in [-0.4, -0.2) is 27.5 Å². The molecule has 0 radical (unpaired) electrons. The molecule has 128 valence electrons. The van der Waals surface area contributed by atoms with Crippen LogP contribution in [0.1, 0.15) is 43.6 Å². The molecule has 0 spiro atoms. The Balaban J connectivity index is 1.69. The zero-order valence-electron chi connectivity index (χ0n) is 13.5. The van der Waals surface area contributed by atoms with Gasteiger partial charge in [0.1, 0.15) is 5.76 Å². The molecular weight excluding hydrogens is 312 g/mol. The van der Waals surface area contributed by atoms with Gasteiger partial charge >= 0.3 is 5.97 Å². The van der Waals surface area contributed by atoms with Crippen molar-refractivity contribution >= 4 is 11.9 Å². The van der Waals surface area contributed by atoms with E-state index in [-0.39, 0.29) is 18.7 Å². The van der Waals surface area contributed by atoms with E-state index in [4.69, 9.17) is 13.9 Å². The summed E-state index contributed by atoms with van der Waals surface area (Å²) >= 11 is 0. The summed E-state index contributed by atoms with van der Waals surface area (Å²) in [4.78, 5) is 27.8. The number of carbonyl (C=O) groups excluding carboxylic acids is 1. The Hall–Kier alpha value is -2.57. The lowest BCUT2D eigenvalue weighted by Crippen LogP contribution is -2.48. The van der Waals surface area contributed by atoms with Crippen LogP contribution in [0.2, 0.25) is 0 Å². The minimum Gasteiger partial charge on any atom is -0.481 e. The third kappa shape index (κ3) is 3.50. The quantitative estimate of drug-likeness (QED) is 0.842. The lowest BCUT2D eigenvalue weighted by molar-refractivity contribution is -0.139. The molecule has 2 aromatic rings. The molecule has 24 heavy (non-hydrogen) atoms. The largest absolute Gasteiger partial charge is 0.481 e. The minimum atomic E-state index is -0.894. The number of nitrogens with one attached hydrogen (secondary N) is 1. The second-order valence-corrected chi connectivity index (χ2v) is 6.28. The van der Waals surface area contributed by atoms with Gasteiger partial charge in [0.2, 0.25) is 5.91 Å². The maximum atomic E-state index is 12.4. The van der Waals surface area contributed by atoms with Crippen LogP contribution >= 0.6 is 0 Å². The van der Waals surface area contributed by atoms with Crippen LogP contribution in [0.15, 0.2) is 27.2 Å². The maximum absolute atomic E-state index is 12.4. The Kier molecular flexibility index (Phi) is 4.42. The van der Waals surface area contributed by atoms with E-state index in [0.717, 1.165) is 12.8 Å². The van der Waals surface area contributed by atoms with Crippen molar-refractivity contribution in [3.63, 3.8) is 0 Å². The summed E-state index contributed by atoms with van der Waals surface area (Å²) in [5.74, 6) is 0.259. The van der Waals surface area contributed by atoms with Gasteiger partial charge in [-0.25, -0.2) is 4.98 Å². The fourth-order valence-electron chi connectivity index (χ4n) is 3.28. The number of aryl methyl sites for hydroxylation is 1. The number of nitrogens with zero attached hydrogens (tertiary/aromatic N) is 1. The number of oxazole rings is 1. The van der Waals surface area contributed by atoms with Gasteiger partial charge in [-0.05, 0) is 31.9 Å². The molecule has 1 aliphatic rings. The number of aliphatic carboxylic acids is 1. The van der Waals surface area contributed by atoms with Gasteiger partial charge in [-0.1, -0.05) is 12.8 Å². The first-order valence-corrected chi connectivity index (χ1v) is 8.00. The van der Waals surface area contributed by atoms with Gasteiger partial charge in [0, 0.05) is 0 Å². The summed E-state index contributed by atoms with van der Waals surface area (Å²) < 4.78 is 10.8. The van der Waals surface area contributed by atoms with Crippen LogP contribution < -0.4 is 5.32 Å². The zero-order valence-corrected chi connectivity index (χ0v) is 13.5. The van der Waals surface area contributed by atoms with Crippen molar-refractivity contribution in [1.29, 1.82) is 0 Å². The first-order chi connectivity index (χ1) is 11.5. The Morgan fingerprint density at radius 3 is 2.75 bits per heavy atom. The number of hydrogen-bond acceptors (Lipinski definition) is 5. The lowest BCUT2D eigenvalue weighted by Gasteiger charge is -2.28. The molecule has 1 fully saturated rings. The number of carboxylic acid groups (broad SMARTS) is 1. The predicted octanol–water partition coefficient (Wildman–Crippen LogP) is 2.69. The summed E-state index contributed by atoms with van der Waals surface area (Å²) in [5, 5.41) is 12.0. The van der Waals surface area contributed by atoms with Gasteiger partial charge in [-0.15, -0.1) is 0 Å². The van der Waals surface area contributed by atoms with Gasteiger partial charge in [0.15, 0.2) is 5.76 Å². The minimum absolute atomic E-state index is 0.0474. The molecule has 2 heterocycles. The van der Waals surface area contributed by atoms with Crippen molar-refractivity contribution in [2.24, 2.45) is 0 Å². The van der Waals surface area contributed by atoms with E-state index in [1.54, 1.807) is 19.1 Å². The van der Waals surface area contributed by atoms with Crippen molar-refractivity contribution < 1.29 is 23.5 Å². The highest BCUT2D eigenvalue weighted by Gasteiger charge is 2.37. The molecule has 0 aliphatic heterocycles. The molecule has 7 nitrogen and oxygen atoms in total. The number of amides is 1. The van der Waals surface area contributed by atoms with E-state index in [0.29, 0.717) is 35.9 Å². The third-order valence-electron chi connectivity index (χ3n) is 4.41. The van der Waals surface area contributed by atoms with Crippen LogP contribution in [0.4, 0.5) is 0 Å². The number of furan rings is 1. The topological polar surface area (TPSA) is 106 Å². The summed E-state index contributed by atoms with van der Waals surface area (Å²) in [7, 11) is 0. The Morgan fingerprint density at radius 2 is 2.12 bits per heavy atom. The predicted molar refractivity (Wildman–Crippen MR) is 84.2 cm³/mol. The fourth-order valence-corrected chi connectivity index (χ4v) is 3.28. The second kappa shape index (κ2) is 6.51. The van der Waals surface area contributed by atoms with Gasteiger partial charge in [0.05, 0.1) is 30.3 Å². The SMILES string of the molecule is Cc1oc(-c2ccco2)nc1CC(=O)NC1(CC(=O)O)CCCC1. The van der Waals surface area contributed by atoms with E-state index >= 15 is 0 Å². The lowest BCUT2D eigenvalue weighted by atomic mass is 9.93. The van der Waals surface area contributed by atoms with Crippen LogP contribution in [0.3, 0.4) is 0 Å². The molecule has 7 heteroatoms. The smallest absolute Gasteiger partial charge is 0.305 e. The van der Waals surface area contributed by atoms with Gasteiger partial charge < -0.3 is 19.3 Å². The van der Waals surface area contributed by atoms with Gasteiger partial charge in [-0.3, -0.25) is 9.59 Å². The summed E-state index contributed by atoms with van der Waals surface area (Å²) in [5.41, 5.74) is -0.105. The number of aromatic nitrogens is 1. The van der Waals surface area contributed by atoms with E-state index in [2.05, 4.69) is 10.3 Å². The highest BCUT2D eigenvalue weighted by molar-refractivity contribution is 5.80. The van der Waals surface area contributed by atoms with Crippen molar-refractivity contribution in [2.45, 2.75) is 51.0 Å². The molecule has 1 saturated carbocycles. The molecule has 1 aliphatic carbocycles. The molecule has 0 atom stereocenters. The van der Waals surface area contributed by atoms with Gasteiger partial charge in [-0.2, -0.15) is 0 Å². The molecule has 3 rings (SSSR count).